The first-order valence-corrected chi connectivity index (χ1v) is 20.8. The van der Waals surface area contributed by atoms with E-state index in [0.717, 1.165) is 61.4 Å². The Balaban J connectivity index is 0.000000360. The van der Waals surface area contributed by atoms with Gasteiger partial charge in [-0.25, -0.2) is 8.42 Å². The Morgan fingerprint density at radius 3 is 1.42 bits per heavy atom. The van der Waals surface area contributed by atoms with E-state index in [1.165, 1.54) is 76.0 Å². The molecule has 4 aromatic rings. The van der Waals surface area contributed by atoms with Crippen LogP contribution in [0.25, 0.3) is 0 Å². The Labute approximate surface area is 345 Å². The maximum atomic E-state index is 11.8. The molecule has 2 N–H and O–H groups in total. The fourth-order valence-corrected chi connectivity index (χ4v) is 6.71. The van der Waals surface area contributed by atoms with Gasteiger partial charge in [0.2, 0.25) is 0 Å². The van der Waals surface area contributed by atoms with Gasteiger partial charge in [-0.05, 0) is 79.3 Å². The van der Waals surface area contributed by atoms with Crippen molar-refractivity contribution < 1.29 is 45.6 Å². The van der Waals surface area contributed by atoms with Crippen molar-refractivity contribution in [1.82, 2.24) is 0 Å². The number of aryl methyl sites for hydroxylation is 2. The Morgan fingerprint density at radius 1 is 0.585 bits per heavy atom. The molecular weight excluding hydrogens is 745 g/mol. The number of phenolic OH excluding ortho intramolecular Hbond substituents is 1. The molecule has 0 heterocycles. The van der Waals surface area contributed by atoms with E-state index < -0.39 is 41.5 Å². The van der Waals surface area contributed by atoms with Crippen LogP contribution in [0.2, 0.25) is 0 Å². The number of para-hydroxylation sites is 2. The van der Waals surface area contributed by atoms with Gasteiger partial charge in [0, 0.05) is 11.0 Å². The summed E-state index contributed by atoms with van der Waals surface area (Å²) in [6.45, 7) is 4.40. The number of benzene rings is 4. The molecule has 10 nitrogen and oxygen atoms in total. The summed E-state index contributed by atoms with van der Waals surface area (Å²) in [6.07, 6.45) is 16.3. The molecule has 0 aromatic heterocycles. The van der Waals surface area contributed by atoms with E-state index in [2.05, 4.69) is 13.8 Å². The molecule has 4 rings (SSSR count). The summed E-state index contributed by atoms with van der Waals surface area (Å²) in [7, 11) is -9.23. The van der Waals surface area contributed by atoms with E-state index in [1.807, 2.05) is 48.5 Å². The number of rotatable bonds is 20. The zero-order chi connectivity index (χ0) is 38.0. The molecule has 0 amide bonds. The molecule has 284 valence electrons. The topological polar surface area (TPSA) is 173 Å². The van der Waals surface area contributed by atoms with Gasteiger partial charge < -0.3 is 24.2 Å². The first-order valence-electron chi connectivity index (χ1n) is 17.9. The minimum absolute atomic E-state index is 0. The molecule has 0 aliphatic carbocycles. The van der Waals surface area contributed by atoms with E-state index in [-0.39, 0.29) is 43.5 Å². The number of hydrogen-bond donors (Lipinski definition) is 2. The number of unbranched alkanes of at least 4 members (excludes halogenated alkanes) is 10. The maximum absolute atomic E-state index is 11.8. The van der Waals surface area contributed by atoms with Crippen LogP contribution in [0.4, 0.5) is 0 Å². The van der Waals surface area contributed by atoms with Crippen LogP contribution in [0.15, 0.2) is 94.7 Å². The van der Waals surface area contributed by atoms with Crippen molar-refractivity contribution >= 4 is 58.0 Å². The predicted octanol–water partition coefficient (Wildman–Crippen LogP) is 9.31. The predicted molar refractivity (Wildman–Crippen MR) is 205 cm³/mol. The molecule has 4 aromatic carbocycles. The van der Waals surface area contributed by atoms with E-state index in [1.54, 1.807) is 0 Å². The van der Waals surface area contributed by atoms with Gasteiger partial charge in [0.1, 0.15) is 43.8 Å². The minimum Gasteiger partial charge on any atom is -0.872 e. The summed E-state index contributed by atoms with van der Waals surface area (Å²) in [6, 6.07) is 22.3. The van der Waals surface area contributed by atoms with E-state index in [0.29, 0.717) is 17.2 Å². The second kappa shape index (κ2) is 23.8. The second-order valence-electron chi connectivity index (χ2n) is 12.6. The van der Waals surface area contributed by atoms with Gasteiger partial charge in [-0.3, -0.25) is 4.55 Å². The Morgan fingerprint density at radius 2 is 1.00 bits per heavy atom. The Kier molecular flexibility index (Phi) is 20.8. The molecular formula is C40H50CaO10S2. The van der Waals surface area contributed by atoms with Crippen molar-refractivity contribution in [3.8, 4) is 34.5 Å². The normalized spacial score (nSPS) is 11.2. The van der Waals surface area contributed by atoms with Crippen molar-refractivity contribution in [3.05, 3.63) is 96.1 Å². The Bertz CT molecular complexity index is 1780. The van der Waals surface area contributed by atoms with Crippen molar-refractivity contribution in [2.75, 3.05) is 0 Å². The van der Waals surface area contributed by atoms with Gasteiger partial charge >= 0.3 is 37.7 Å². The second-order valence-corrected chi connectivity index (χ2v) is 15.4. The fourth-order valence-electron chi connectivity index (χ4n) is 5.60. The quantitative estimate of drug-likeness (QED) is 0.0499. The van der Waals surface area contributed by atoms with Crippen LogP contribution in [0.5, 0.6) is 34.5 Å². The molecule has 0 bridgehead atoms. The summed E-state index contributed by atoms with van der Waals surface area (Å²) >= 11 is 0. The fraction of sp³-hybridized carbons (Fsp3) is 0.400. The first kappa shape index (κ1) is 46.3. The third-order valence-corrected chi connectivity index (χ3v) is 10.2. The van der Waals surface area contributed by atoms with Gasteiger partial charge in [-0.1, -0.05) is 120 Å². The average Bonchev–Trinajstić information content (AvgIpc) is 3.08. The van der Waals surface area contributed by atoms with Crippen molar-refractivity contribution in [2.45, 2.75) is 114 Å². The number of hydrogen-bond acceptors (Lipinski definition) is 9. The Hall–Kier alpha value is -2.84. The summed E-state index contributed by atoms with van der Waals surface area (Å²) in [5.74, 6) is 0.450. The molecule has 0 spiro atoms. The van der Waals surface area contributed by atoms with E-state index >= 15 is 0 Å². The largest absolute Gasteiger partial charge is 2.00 e. The maximum Gasteiger partial charge on any atom is 2.00 e. The molecule has 0 saturated carbocycles. The van der Waals surface area contributed by atoms with Crippen LogP contribution in [0, 0.1) is 0 Å². The zero-order valence-electron chi connectivity index (χ0n) is 30.7. The van der Waals surface area contributed by atoms with Gasteiger partial charge in [-0.15, -0.1) is 0 Å². The van der Waals surface area contributed by atoms with Crippen molar-refractivity contribution in [1.29, 1.82) is 0 Å². The molecule has 53 heavy (non-hydrogen) atoms. The smallest absolute Gasteiger partial charge is 0.872 e. The molecule has 0 fully saturated rings. The van der Waals surface area contributed by atoms with Crippen LogP contribution in [-0.2, 0) is 33.1 Å². The number of aromatic hydroxyl groups is 1. The summed E-state index contributed by atoms with van der Waals surface area (Å²) in [5, 5.41) is 21.6. The van der Waals surface area contributed by atoms with Gasteiger partial charge in [0.25, 0.3) is 10.1 Å². The van der Waals surface area contributed by atoms with E-state index in [9.17, 15) is 31.6 Å². The van der Waals surface area contributed by atoms with Gasteiger partial charge in [0.15, 0.2) is 0 Å². The zero-order valence-corrected chi connectivity index (χ0v) is 34.5. The minimum atomic E-state index is -4.77. The van der Waals surface area contributed by atoms with Crippen molar-refractivity contribution in [2.24, 2.45) is 0 Å². The van der Waals surface area contributed by atoms with Crippen LogP contribution in [0.3, 0.4) is 0 Å². The number of phenols is 1. The van der Waals surface area contributed by atoms with Crippen LogP contribution in [-0.4, -0.2) is 68.8 Å². The standard InChI is InChI=1S/2C20H26O5S.Ca/c2*1-2-3-4-5-6-7-10-16-11-8-9-12-19(16)25-17-13-14-20(18(21)15-17)26(22,23)24;/h2*8-9,11-15,21H,2-7,10H2,1H3,(H,22,23,24);/q;;+2/p-2. The first-order chi connectivity index (χ1) is 24.8. The average molecular weight is 795 g/mol. The summed E-state index contributed by atoms with van der Waals surface area (Å²) in [5.41, 5.74) is 2.11. The molecule has 0 atom stereocenters. The van der Waals surface area contributed by atoms with Gasteiger partial charge in [-0.2, -0.15) is 8.42 Å². The SMILES string of the molecule is CCCCCCCCc1ccccc1Oc1ccc(S(=O)(=O)O)c(O)c1.CCCCCCCCc1ccccc1Oc1ccc(S(=O)(=O)[O-])c([O-])c1.[Ca+2]. The molecule has 0 aliphatic heterocycles. The van der Waals surface area contributed by atoms with Crippen molar-refractivity contribution in [3.63, 3.8) is 0 Å². The number of ether oxygens (including phenoxy) is 2. The summed E-state index contributed by atoms with van der Waals surface area (Å²) in [4.78, 5) is -1.30. The third kappa shape index (κ3) is 16.6. The molecule has 0 unspecified atom stereocenters. The molecule has 13 heteroatoms. The van der Waals surface area contributed by atoms with Crippen LogP contribution >= 0.6 is 0 Å². The van der Waals surface area contributed by atoms with Gasteiger partial charge in [0.05, 0.1) is 0 Å². The molecule has 0 radical (unpaired) electrons. The van der Waals surface area contributed by atoms with Crippen LogP contribution in [0.1, 0.15) is 102 Å². The monoisotopic (exact) mass is 794 g/mol. The van der Waals surface area contributed by atoms with Crippen LogP contribution < -0.4 is 14.6 Å². The van der Waals surface area contributed by atoms with E-state index in [4.69, 9.17) is 14.0 Å². The summed E-state index contributed by atoms with van der Waals surface area (Å²) < 4.78 is 75.9. The molecule has 0 aliphatic rings. The molecule has 0 saturated heterocycles. The third-order valence-electron chi connectivity index (χ3n) is 8.39.